The van der Waals surface area contributed by atoms with Crippen LogP contribution in [0.5, 0.6) is 34.5 Å². The molecule has 0 fully saturated rings. The fourth-order valence-corrected chi connectivity index (χ4v) is 2.71. The molecule has 0 bridgehead atoms. The summed E-state index contributed by atoms with van der Waals surface area (Å²) in [5, 5.41) is 116. The topological polar surface area (TPSA) is 362 Å². The average molecular weight is 869 g/mol. The Balaban J connectivity index is 0. The van der Waals surface area contributed by atoms with Crippen molar-refractivity contribution in [1.29, 1.82) is 0 Å². The molecule has 20 heteroatoms. The van der Waals surface area contributed by atoms with Crippen molar-refractivity contribution < 1.29 is 174 Å². The summed E-state index contributed by atoms with van der Waals surface area (Å²) >= 11 is 0. The van der Waals surface area contributed by atoms with Crippen LogP contribution in [0.4, 0.5) is 0 Å². The fraction of sp³-hybridized carbons (Fsp3) is 0. The first-order chi connectivity index (χ1) is 19.3. The van der Waals surface area contributed by atoms with Gasteiger partial charge in [-0.05, 0) is 36.4 Å². The Morgan fingerprint density at radius 3 is 0.477 bits per heavy atom. The third-order valence-corrected chi connectivity index (χ3v) is 4.66. The van der Waals surface area contributed by atoms with E-state index in [9.17, 15) is 59.4 Å². The minimum absolute atomic E-state index is 0. The molecule has 0 aromatic heterocycles. The number of carboxylic acids is 6. The molecule has 0 unspecified atom stereocenters. The van der Waals surface area contributed by atoms with E-state index in [1.54, 1.807) is 0 Å². The van der Waals surface area contributed by atoms with Gasteiger partial charge in [0.05, 0.1) is 35.8 Å². The third-order valence-electron chi connectivity index (χ3n) is 4.66. The van der Waals surface area contributed by atoms with E-state index in [4.69, 9.17) is 30.6 Å². The van der Waals surface area contributed by atoms with E-state index in [1.165, 1.54) is 0 Å². The molecule has 0 aliphatic heterocycles. The predicted molar refractivity (Wildman–Crippen MR) is 115 cm³/mol. The van der Waals surface area contributed by atoms with Gasteiger partial charge in [-0.15, -0.1) is 0 Å². The molecular weight excluding hydrogens is 856 g/mol. The molecule has 0 spiro atoms. The molecule has 0 amide bonds. The predicted octanol–water partition coefficient (Wildman–Crippen LogP) is -6.53. The SMILES string of the molecule is O=C([O-])c1cc(O)c(C(=O)[O-])cc1O.O=C([O-])c1cc(O)c(C(=O)[O-])cc1O.O=C([O-])c1cc(O)c(C(=O)[O-])cc1O.[Ce+3].[Ce+3]. The van der Waals surface area contributed by atoms with Gasteiger partial charge in [-0.1, -0.05) is 0 Å². The monoisotopic (exact) mass is 868 g/mol. The molecule has 0 atom stereocenters. The number of rotatable bonds is 6. The van der Waals surface area contributed by atoms with Crippen LogP contribution < -0.4 is 30.6 Å². The second kappa shape index (κ2) is 18.0. The summed E-state index contributed by atoms with van der Waals surface area (Å²) in [6.07, 6.45) is 0. The van der Waals surface area contributed by atoms with Gasteiger partial charge in [-0.3, -0.25) is 0 Å². The van der Waals surface area contributed by atoms with E-state index in [-0.39, 0.29) is 83.5 Å². The van der Waals surface area contributed by atoms with Crippen molar-refractivity contribution in [2.24, 2.45) is 0 Å². The van der Waals surface area contributed by atoms with Gasteiger partial charge in [0.25, 0.3) is 0 Å². The van der Waals surface area contributed by atoms with Crippen molar-refractivity contribution in [2.45, 2.75) is 0 Å². The van der Waals surface area contributed by atoms with Crippen LogP contribution in [-0.2, 0) is 0 Å². The maximum Gasteiger partial charge on any atom is 3.00 e. The minimum atomic E-state index is -1.72. The number of carbonyl (C=O) groups excluding carboxylic acids is 6. The van der Waals surface area contributed by atoms with Crippen LogP contribution in [0.25, 0.3) is 0 Å². The molecule has 0 aliphatic rings. The van der Waals surface area contributed by atoms with Gasteiger partial charge >= 0.3 is 83.5 Å². The maximum atomic E-state index is 10.3. The quantitative estimate of drug-likeness (QED) is 0.125. The van der Waals surface area contributed by atoms with E-state index in [1.807, 2.05) is 0 Å². The van der Waals surface area contributed by atoms with Gasteiger partial charge in [0.1, 0.15) is 34.5 Å². The first-order valence-corrected chi connectivity index (χ1v) is 10.3. The van der Waals surface area contributed by atoms with Gasteiger partial charge < -0.3 is 90.0 Å². The summed E-state index contributed by atoms with van der Waals surface area (Å²) in [6, 6.07) is 3.47. The number of aromatic hydroxyl groups is 6. The average Bonchev–Trinajstić information content (AvgIpc) is 2.87. The Morgan fingerprint density at radius 2 is 0.409 bits per heavy atom. The van der Waals surface area contributed by atoms with E-state index in [2.05, 4.69) is 0 Å². The minimum Gasteiger partial charge on any atom is -0.545 e. The number of benzene rings is 3. The number of hydrogen-bond donors (Lipinski definition) is 6. The molecule has 3 aromatic rings. The van der Waals surface area contributed by atoms with Crippen LogP contribution in [0.3, 0.4) is 0 Å². The van der Waals surface area contributed by atoms with E-state index >= 15 is 0 Å². The van der Waals surface area contributed by atoms with Crippen molar-refractivity contribution in [1.82, 2.24) is 0 Å². The van der Waals surface area contributed by atoms with Gasteiger partial charge in [0.2, 0.25) is 0 Å². The van der Waals surface area contributed by atoms with Crippen molar-refractivity contribution in [3.8, 4) is 34.5 Å². The molecule has 18 nitrogen and oxygen atoms in total. The second-order valence-corrected chi connectivity index (χ2v) is 7.38. The third kappa shape index (κ3) is 11.3. The normalized spacial score (nSPS) is 9.27. The van der Waals surface area contributed by atoms with Gasteiger partial charge in [-0.2, -0.15) is 0 Å². The van der Waals surface area contributed by atoms with E-state index in [0.717, 1.165) is 0 Å². The van der Waals surface area contributed by atoms with Crippen LogP contribution in [0.1, 0.15) is 62.1 Å². The number of phenols is 6. The molecule has 44 heavy (non-hydrogen) atoms. The van der Waals surface area contributed by atoms with Gasteiger partial charge in [-0.25, -0.2) is 0 Å². The molecule has 224 valence electrons. The summed E-state index contributed by atoms with van der Waals surface area (Å²) in [4.78, 5) is 61.9. The Bertz CT molecular complexity index is 1310. The van der Waals surface area contributed by atoms with Gasteiger partial charge in [0.15, 0.2) is 0 Å². The first-order valence-electron chi connectivity index (χ1n) is 10.3. The Labute approximate surface area is 310 Å². The van der Waals surface area contributed by atoms with Crippen molar-refractivity contribution >= 4 is 35.8 Å². The Kier molecular flexibility index (Phi) is 17.2. The fourth-order valence-electron chi connectivity index (χ4n) is 2.71. The smallest absolute Gasteiger partial charge is 0.545 e. The van der Waals surface area contributed by atoms with Crippen LogP contribution in [0.15, 0.2) is 36.4 Å². The molecule has 0 saturated carbocycles. The maximum absolute atomic E-state index is 10.3. The zero-order valence-corrected chi connectivity index (χ0v) is 27.3. The van der Waals surface area contributed by atoms with E-state index < -0.39 is 104 Å². The molecule has 0 heterocycles. The van der Waals surface area contributed by atoms with Crippen LogP contribution >= 0.6 is 0 Å². The zero-order valence-electron chi connectivity index (χ0n) is 21.0. The summed E-state index contributed by atoms with van der Waals surface area (Å²) in [6.45, 7) is 0. The summed E-state index contributed by atoms with van der Waals surface area (Å²) in [5.41, 5.74) is -4.12. The Morgan fingerprint density at radius 1 is 0.318 bits per heavy atom. The molecule has 0 saturated heterocycles. The van der Waals surface area contributed by atoms with Gasteiger partial charge in [0, 0.05) is 33.4 Å². The number of carbonyl (C=O) groups is 6. The summed E-state index contributed by atoms with van der Waals surface area (Å²) in [5.74, 6) is -15.1. The summed E-state index contributed by atoms with van der Waals surface area (Å²) in [7, 11) is 0. The number of hydrogen-bond acceptors (Lipinski definition) is 18. The van der Waals surface area contributed by atoms with Crippen LogP contribution in [-0.4, -0.2) is 66.5 Å². The van der Waals surface area contributed by atoms with Crippen molar-refractivity contribution in [2.75, 3.05) is 0 Å². The molecule has 3 aromatic carbocycles. The van der Waals surface area contributed by atoms with Crippen molar-refractivity contribution in [3.63, 3.8) is 0 Å². The Hall–Kier alpha value is -3.97. The molecular formula is C24H12Ce2O18. The van der Waals surface area contributed by atoms with Crippen LogP contribution in [0.2, 0.25) is 0 Å². The largest absolute Gasteiger partial charge is 3.00 e. The molecule has 3 rings (SSSR count). The molecule has 6 N–H and O–H groups in total. The second-order valence-electron chi connectivity index (χ2n) is 7.38. The number of carboxylic acid groups (broad SMARTS) is 6. The van der Waals surface area contributed by atoms with E-state index in [0.29, 0.717) is 36.4 Å². The zero-order chi connectivity index (χ0) is 32.6. The summed E-state index contributed by atoms with van der Waals surface area (Å²) < 4.78 is 0. The first kappa shape index (κ1) is 42.2. The van der Waals surface area contributed by atoms with Crippen molar-refractivity contribution in [3.05, 3.63) is 69.8 Å². The molecule has 0 aliphatic carbocycles. The molecule has 2 radical (unpaired) electrons. The number of aromatic carboxylic acids is 6. The standard InChI is InChI=1S/3C8H6O6.2Ce/c3*9-5-1-3(7(11)12)6(10)2-4(5)8(13)14;;/h3*1-2,9-10H,(H,11,12)(H,13,14);;/q;;;2*+3/p-6. The van der Waals surface area contributed by atoms with Crippen LogP contribution in [0, 0.1) is 83.5 Å².